The third kappa shape index (κ3) is 6.60. The molecular weight excluding hydrogens is 747 g/mol. The van der Waals surface area contributed by atoms with E-state index in [0.29, 0.717) is 5.56 Å². The van der Waals surface area contributed by atoms with E-state index in [2.05, 4.69) is 32.0 Å². The summed E-state index contributed by atoms with van der Waals surface area (Å²) in [6.07, 6.45) is 0. The third-order valence-electron chi connectivity index (χ3n) is 11.6. The molecule has 0 radical (unpaired) electrons. The quantitative estimate of drug-likeness (QED) is 0.148. The van der Waals surface area contributed by atoms with Crippen LogP contribution >= 0.6 is 0 Å². The molecule has 0 aromatic heterocycles. The molecule has 10 aromatic rings. The SMILES string of the molecule is [2H]c1c([2H])c([2H])c(-c2c([2H])c([2H])c(-c3c([2H])c([2H])c(N(c4ccc(-c5cccc6c5C(C)(C)c5ccccc5-6)cc4)c4c([2H])c([2H])c(-c5cccc(-c6cccc7ccccc67)c5)c([2H])c4[2H])c([2H])c3[2H])c([2H])c2[2H])c([2H])c1[2H]. The summed E-state index contributed by atoms with van der Waals surface area (Å²) >= 11 is 0. The molecule has 0 saturated heterocycles. The van der Waals surface area contributed by atoms with Gasteiger partial charge in [-0.3, -0.25) is 0 Å². The van der Waals surface area contributed by atoms with Crippen molar-refractivity contribution in [1.29, 1.82) is 0 Å². The minimum atomic E-state index is -0.873. The molecule has 0 bridgehead atoms. The fourth-order valence-electron chi connectivity index (χ4n) is 8.61. The Kier molecular flexibility index (Phi) is 5.78. The molecular formula is C61H45N. The van der Waals surface area contributed by atoms with Gasteiger partial charge in [-0.15, -0.1) is 0 Å². The van der Waals surface area contributed by atoms with E-state index in [0.717, 1.165) is 60.2 Å². The predicted octanol–water partition coefficient (Wildman–Crippen LogP) is 17.0. The molecule has 294 valence electrons. The second-order valence-electron chi connectivity index (χ2n) is 15.6. The van der Waals surface area contributed by atoms with Gasteiger partial charge in [0.15, 0.2) is 0 Å². The number of anilines is 3. The summed E-state index contributed by atoms with van der Waals surface area (Å²) in [5.41, 5.74) is 4.43. The maximum absolute atomic E-state index is 9.73. The number of hydrogen-bond acceptors (Lipinski definition) is 1. The molecule has 0 spiro atoms. The van der Waals surface area contributed by atoms with E-state index in [1.54, 1.807) is 42.5 Å². The van der Waals surface area contributed by atoms with Crippen molar-refractivity contribution in [2.45, 2.75) is 19.3 Å². The maximum atomic E-state index is 9.73. The number of benzene rings is 10. The van der Waals surface area contributed by atoms with Gasteiger partial charge in [0.1, 0.15) is 0 Å². The van der Waals surface area contributed by atoms with Crippen molar-refractivity contribution in [1.82, 2.24) is 0 Å². The summed E-state index contributed by atoms with van der Waals surface area (Å²) in [7, 11) is 0. The molecule has 1 aliphatic rings. The molecule has 0 amide bonds. The summed E-state index contributed by atoms with van der Waals surface area (Å²) in [6, 6.07) is 29.5. The molecule has 1 aliphatic carbocycles. The van der Waals surface area contributed by atoms with Gasteiger partial charge in [0.2, 0.25) is 0 Å². The Bertz CT molecular complexity index is 4140. The Balaban J connectivity index is 1.12. The van der Waals surface area contributed by atoms with E-state index in [9.17, 15) is 11.0 Å². The first-order valence-corrected chi connectivity index (χ1v) is 20.2. The van der Waals surface area contributed by atoms with Crippen molar-refractivity contribution in [3.8, 4) is 66.8 Å². The van der Waals surface area contributed by atoms with E-state index >= 15 is 0 Å². The van der Waals surface area contributed by atoms with Crippen LogP contribution in [0.4, 0.5) is 17.1 Å². The first-order valence-electron chi connectivity index (χ1n) is 28.7. The molecule has 1 heteroatoms. The van der Waals surface area contributed by atoms with Crippen LogP contribution < -0.4 is 4.90 Å². The van der Waals surface area contributed by atoms with Crippen molar-refractivity contribution in [3.05, 3.63) is 247 Å². The standard InChI is InChI=1S/C61H45N/c1-61(2)59-24-9-8-20-57(59)58-23-12-22-56(60(58)61)48-33-39-53(40-34-48)62(51-35-29-45(30-36-51)44-27-25-43(26-28-44)42-13-4-3-5-14-42)52-37-31-46(32-38-52)49-17-10-18-50(41-49)55-21-11-16-47-15-6-7-19-54(47)55/h3-41H,1-2H3/i3D,4D,5D,13D,14D,25D,26D,27D,28D,29D,30D,31D,32D,35D,36D,37D,38D. The molecule has 0 saturated carbocycles. The lowest BCUT2D eigenvalue weighted by molar-refractivity contribution is 0.662. The number of nitrogens with zero attached hydrogens (tertiary/aromatic N) is 1. The highest BCUT2D eigenvalue weighted by Gasteiger charge is 2.37. The highest BCUT2D eigenvalue weighted by Crippen LogP contribution is 2.52. The zero-order chi connectivity index (χ0) is 56.4. The number of hydrogen-bond donors (Lipinski definition) is 0. The first kappa shape index (κ1) is 23.3. The van der Waals surface area contributed by atoms with Gasteiger partial charge in [-0.1, -0.05) is 208 Å². The monoisotopic (exact) mass is 808 g/mol. The molecule has 10 aromatic carbocycles. The van der Waals surface area contributed by atoms with Gasteiger partial charge in [-0.25, -0.2) is 0 Å². The minimum absolute atomic E-state index is 0.0250. The first-order chi connectivity index (χ1) is 37.6. The molecule has 1 nitrogen and oxygen atoms in total. The third-order valence-corrected chi connectivity index (χ3v) is 11.6. The second kappa shape index (κ2) is 15.4. The van der Waals surface area contributed by atoms with Crippen LogP contribution in [-0.2, 0) is 5.41 Å². The van der Waals surface area contributed by atoms with E-state index in [-0.39, 0.29) is 11.3 Å². The van der Waals surface area contributed by atoms with Crippen LogP contribution in [0.1, 0.15) is 48.3 Å². The topological polar surface area (TPSA) is 3.24 Å². The lowest BCUT2D eigenvalue weighted by Crippen LogP contribution is -2.16. The van der Waals surface area contributed by atoms with E-state index < -0.39 is 142 Å². The molecule has 62 heavy (non-hydrogen) atoms. The molecule has 0 atom stereocenters. The van der Waals surface area contributed by atoms with Gasteiger partial charge < -0.3 is 4.90 Å². The van der Waals surface area contributed by atoms with Crippen molar-refractivity contribution in [2.75, 3.05) is 4.90 Å². The largest absolute Gasteiger partial charge is 0.311 e. The average Bonchev–Trinajstić information content (AvgIpc) is 3.79. The second-order valence-corrected chi connectivity index (χ2v) is 15.6. The van der Waals surface area contributed by atoms with Gasteiger partial charge in [0, 0.05) is 22.5 Å². The number of fused-ring (bicyclic) bond motifs is 4. The van der Waals surface area contributed by atoms with Gasteiger partial charge in [0.05, 0.1) is 23.3 Å². The molecule has 0 heterocycles. The zero-order valence-corrected chi connectivity index (χ0v) is 33.6. The van der Waals surface area contributed by atoms with Crippen molar-refractivity contribution in [3.63, 3.8) is 0 Å². The van der Waals surface area contributed by atoms with E-state index in [1.807, 2.05) is 72.8 Å². The molecule has 0 aliphatic heterocycles. The van der Waals surface area contributed by atoms with Crippen LogP contribution in [0.3, 0.4) is 0 Å². The summed E-state index contributed by atoms with van der Waals surface area (Å²) in [4.78, 5) is 1.15. The summed E-state index contributed by atoms with van der Waals surface area (Å²) in [5, 5.41) is 1.97. The Morgan fingerprint density at radius 3 is 1.56 bits per heavy atom. The van der Waals surface area contributed by atoms with E-state index in [4.69, 9.17) is 12.3 Å². The fraction of sp³-hybridized carbons (Fsp3) is 0.0492. The Labute approximate surface area is 388 Å². The Hall–Kier alpha value is -7.74. The minimum Gasteiger partial charge on any atom is -0.311 e. The summed E-state index contributed by atoms with van der Waals surface area (Å²) in [5.74, 6) is 0. The van der Waals surface area contributed by atoms with Crippen LogP contribution in [0.15, 0.2) is 236 Å². The van der Waals surface area contributed by atoms with Crippen molar-refractivity contribution in [2.24, 2.45) is 0 Å². The highest BCUT2D eigenvalue weighted by atomic mass is 15.1. The van der Waals surface area contributed by atoms with E-state index in [1.165, 1.54) is 0 Å². The number of rotatable bonds is 8. The van der Waals surface area contributed by atoms with Crippen LogP contribution in [0.2, 0.25) is 0 Å². The lowest BCUT2D eigenvalue weighted by atomic mass is 9.79. The zero-order valence-electron chi connectivity index (χ0n) is 50.6. The van der Waals surface area contributed by atoms with Crippen LogP contribution in [0.25, 0.3) is 77.5 Å². The fourth-order valence-corrected chi connectivity index (χ4v) is 8.61. The average molecular weight is 809 g/mol. The van der Waals surface area contributed by atoms with Crippen LogP contribution in [0.5, 0.6) is 0 Å². The smallest absolute Gasteiger partial charge is 0.0645 e. The van der Waals surface area contributed by atoms with Crippen LogP contribution in [-0.4, -0.2) is 0 Å². The van der Waals surface area contributed by atoms with Gasteiger partial charge >= 0.3 is 0 Å². The van der Waals surface area contributed by atoms with Gasteiger partial charge in [0.25, 0.3) is 0 Å². The molecule has 0 unspecified atom stereocenters. The normalized spacial score (nSPS) is 16.3. The molecule has 0 N–H and O–H groups in total. The Morgan fingerprint density at radius 2 is 0.855 bits per heavy atom. The van der Waals surface area contributed by atoms with Crippen molar-refractivity contribution < 1.29 is 23.3 Å². The Morgan fingerprint density at radius 1 is 0.355 bits per heavy atom. The van der Waals surface area contributed by atoms with Crippen molar-refractivity contribution >= 4 is 27.8 Å². The predicted molar refractivity (Wildman–Crippen MR) is 263 cm³/mol. The lowest BCUT2D eigenvalue weighted by Gasteiger charge is -2.27. The van der Waals surface area contributed by atoms with Gasteiger partial charge in [-0.2, -0.15) is 0 Å². The van der Waals surface area contributed by atoms with Gasteiger partial charge in [-0.05, 0) is 131 Å². The summed E-state index contributed by atoms with van der Waals surface area (Å²) in [6.45, 7) is 4.32. The maximum Gasteiger partial charge on any atom is 0.0645 e. The molecule has 11 rings (SSSR count). The molecule has 0 fully saturated rings. The summed E-state index contributed by atoms with van der Waals surface area (Å²) < 4.78 is 155. The highest BCUT2D eigenvalue weighted by molar-refractivity contribution is 5.97. The van der Waals surface area contributed by atoms with Crippen LogP contribution in [0, 0.1) is 0 Å².